The number of aliphatic carboxylic acids is 1. The molecule has 102 valence electrons. The number of halogens is 2. The lowest BCUT2D eigenvalue weighted by Gasteiger charge is -2.12. The maximum absolute atomic E-state index is 13.3. The van der Waals surface area contributed by atoms with Crippen molar-refractivity contribution in [1.29, 1.82) is 0 Å². The molecule has 2 rings (SSSR count). The Labute approximate surface area is 107 Å². The second-order valence-corrected chi connectivity index (χ2v) is 4.12. The lowest BCUT2D eigenvalue weighted by Crippen LogP contribution is -2.30. The number of ether oxygens (including phenoxy) is 1. The third kappa shape index (κ3) is 2.87. The first kappa shape index (κ1) is 13.4. The van der Waals surface area contributed by atoms with Crippen LogP contribution in [0, 0.1) is 11.6 Å². The molecule has 2 unspecified atom stereocenters. The van der Waals surface area contributed by atoms with Crippen LogP contribution < -0.4 is 5.32 Å². The molecule has 1 fully saturated rings. The molecule has 0 aromatic heterocycles. The van der Waals surface area contributed by atoms with Gasteiger partial charge in [0.2, 0.25) is 0 Å². The van der Waals surface area contributed by atoms with Gasteiger partial charge in [0.1, 0.15) is 6.10 Å². The van der Waals surface area contributed by atoms with Crippen molar-refractivity contribution in [2.24, 2.45) is 0 Å². The fourth-order valence-electron chi connectivity index (χ4n) is 1.83. The highest BCUT2D eigenvalue weighted by Crippen LogP contribution is 2.22. The van der Waals surface area contributed by atoms with Gasteiger partial charge in [0.25, 0.3) is 5.91 Å². The highest BCUT2D eigenvalue weighted by atomic mass is 19.2. The Morgan fingerprint density at radius 2 is 1.95 bits per heavy atom. The largest absolute Gasteiger partial charge is 0.479 e. The molecular formula is C12H11F2NO4. The van der Waals surface area contributed by atoms with Crippen molar-refractivity contribution in [1.82, 2.24) is 0 Å². The van der Waals surface area contributed by atoms with Crippen LogP contribution in [0.15, 0.2) is 18.2 Å². The van der Waals surface area contributed by atoms with Crippen LogP contribution in [0.25, 0.3) is 0 Å². The topological polar surface area (TPSA) is 75.6 Å². The molecule has 1 amide bonds. The molecule has 0 saturated carbocycles. The van der Waals surface area contributed by atoms with E-state index in [-0.39, 0.29) is 18.5 Å². The van der Waals surface area contributed by atoms with Gasteiger partial charge in [-0.25, -0.2) is 13.6 Å². The SMILES string of the molecule is O=C(O)C1CCC(C(=O)Nc2cccc(F)c2F)O1. The quantitative estimate of drug-likeness (QED) is 0.874. The fraction of sp³-hybridized carbons (Fsp3) is 0.333. The van der Waals surface area contributed by atoms with Gasteiger partial charge in [-0.1, -0.05) is 6.07 Å². The van der Waals surface area contributed by atoms with Crippen LogP contribution in [0.2, 0.25) is 0 Å². The number of hydrogen-bond acceptors (Lipinski definition) is 3. The van der Waals surface area contributed by atoms with Gasteiger partial charge < -0.3 is 15.2 Å². The maximum Gasteiger partial charge on any atom is 0.332 e. The van der Waals surface area contributed by atoms with Gasteiger partial charge in [0.05, 0.1) is 5.69 Å². The molecule has 0 spiro atoms. The van der Waals surface area contributed by atoms with E-state index in [1.165, 1.54) is 12.1 Å². The minimum absolute atomic E-state index is 0.207. The number of carboxylic acids is 1. The monoisotopic (exact) mass is 271 g/mol. The Morgan fingerprint density at radius 1 is 1.26 bits per heavy atom. The summed E-state index contributed by atoms with van der Waals surface area (Å²) >= 11 is 0. The summed E-state index contributed by atoms with van der Waals surface area (Å²) in [5, 5.41) is 10.9. The van der Waals surface area contributed by atoms with Crippen molar-refractivity contribution >= 4 is 17.6 Å². The summed E-state index contributed by atoms with van der Waals surface area (Å²) in [6, 6.07) is 3.39. The third-order valence-corrected chi connectivity index (χ3v) is 2.80. The number of nitrogens with one attached hydrogen (secondary N) is 1. The summed E-state index contributed by atoms with van der Waals surface area (Å²) in [5.74, 6) is -4.07. The Kier molecular flexibility index (Phi) is 3.75. The number of carbonyl (C=O) groups excluding carboxylic acids is 1. The molecule has 5 nitrogen and oxygen atoms in total. The third-order valence-electron chi connectivity index (χ3n) is 2.80. The van der Waals surface area contributed by atoms with Gasteiger partial charge in [0.15, 0.2) is 17.7 Å². The molecule has 0 bridgehead atoms. The molecule has 1 aromatic carbocycles. The van der Waals surface area contributed by atoms with Gasteiger partial charge in [-0.15, -0.1) is 0 Å². The number of anilines is 1. The van der Waals surface area contributed by atoms with Gasteiger partial charge >= 0.3 is 5.97 Å². The van der Waals surface area contributed by atoms with Crippen LogP contribution in [-0.2, 0) is 14.3 Å². The minimum Gasteiger partial charge on any atom is -0.479 e. The number of amides is 1. The standard InChI is InChI=1S/C12H11F2NO4/c13-6-2-1-3-7(10(6)14)15-11(16)8-4-5-9(19-8)12(17)18/h1-3,8-9H,4-5H2,(H,15,16)(H,17,18). The van der Waals surface area contributed by atoms with Crippen molar-refractivity contribution < 1.29 is 28.2 Å². The molecule has 1 aromatic rings. The summed E-state index contributed by atoms with van der Waals surface area (Å²) in [6.45, 7) is 0. The van der Waals surface area contributed by atoms with Crippen LogP contribution in [0.4, 0.5) is 14.5 Å². The van der Waals surface area contributed by atoms with Gasteiger partial charge in [-0.05, 0) is 25.0 Å². The normalized spacial score (nSPS) is 22.2. The average molecular weight is 271 g/mol. The molecule has 1 aliphatic rings. The Bertz CT molecular complexity index is 520. The second-order valence-electron chi connectivity index (χ2n) is 4.12. The molecule has 2 atom stereocenters. The number of hydrogen-bond donors (Lipinski definition) is 2. The van der Waals surface area contributed by atoms with Crippen LogP contribution >= 0.6 is 0 Å². The van der Waals surface area contributed by atoms with E-state index in [9.17, 15) is 18.4 Å². The van der Waals surface area contributed by atoms with Gasteiger partial charge in [0, 0.05) is 0 Å². The Balaban J connectivity index is 2.02. The minimum atomic E-state index is -1.16. The molecule has 19 heavy (non-hydrogen) atoms. The highest BCUT2D eigenvalue weighted by molar-refractivity contribution is 5.94. The van der Waals surface area contributed by atoms with Crippen molar-refractivity contribution in [3.63, 3.8) is 0 Å². The van der Waals surface area contributed by atoms with Crippen LogP contribution in [0.3, 0.4) is 0 Å². The van der Waals surface area contributed by atoms with Crippen molar-refractivity contribution in [2.45, 2.75) is 25.0 Å². The molecule has 0 aliphatic carbocycles. The van der Waals surface area contributed by atoms with E-state index < -0.39 is 35.7 Å². The number of carbonyl (C=O) groups is 2. The maximum atomic E-state index is 13.3. The van der Waals surface area contributed by atoms with Crippen LogP contribution in [-0.4, -0.2) is 29.2 Å². The van der Waals surface area contributed by atoms with E-state index in [1.807, 2.05) is 0 Å². The van der Waals surface area contributed by atoms with E-state index >= 15 is 0 Å². The molecule has 0 radical (unpaired) electrons. The molecular weight excluding hydrogens is 260 g/mol. The van der Waals surface area contributed by atoms with Crippen LogP contribution in [0.5, 0.6) is 0 Å². The Hall–Kier alpha value is -2.02. The summed E-state index contributed by atoms with van der Waals surface area (Å²) in [6.07, 6.45) is -1.57. The zero-order chi connectivity index (χ0) is 14.0. The van der Waals surface area contributed by atoms with Crippen molar-refractivity contribution in [3.8, 4) is 0 Å². The summed E-state index contributed by atoms with van der Waals surface area (Å²) in [7, 11) is 0. The van der Waals surface area contributed by atoms with Crippen LogP contribution in [0.1, 0.15) is 12.8 Å². The van der Waals surface area contributed by atoms with Gasteiger partial charge in [-0.2, -0.15) is 0 Å². The number of benzene rings is 1. The molecule has 7 heteroatoms. The summed E-state index contributed by atoms with van der Waals surface area (Å²) in [5.41, 5.74) is -0.299. The first-order valence-corrected chi connectivity index (χ1v) is 5.62. The first-order chi connectivity index (χ1) is 8.99. The van der Waals surface area contributed by atoms with Crippen molar-refractivity contribution in [3.05, 3.63) is 29.8 Å². The molecule has 1 aliphatic heterocycles. The fourth-order valence-corrected chi connectivity index (χ4v) is 1.83. The predicted molar refractivity (Wildman–Crippen MR) is 60.5 cm³/mol. The second kappa shape index (κ2) is 5.31. The Morgan fingerprint density at radius 3 is 2.58 bits per heavy atom. The van der Waals surface area contributed by atoms with Crippen molar-refractivity contribution in [2.75, 3.05) is 5.32 Å². The van der Waals surface area contributed by atoms with E-state index in [4.69, 9.17) is 9.84 Å². The lowest BCUT2D eigenvalue weighted by molar-refractivity contribution is -0.150. The number of rotatable bonds is 3. The smallest absolute Gasteiger partial charge is 0.332 e. The van der Waals surface area contributed by atoms with Gasteiger partial charge in [-0.3, -0.25) is 4.79 Å². The van der Waals surface area contributed by atoms with E-state index in [1.54, 1.807) is 0 Å². The summed E-state index contributed by atoms with van der Waals surface area (Å²) in [4.78, 5) is 22.4. The van der Waals surface area contributed by atoms with E-state index in [0.717, 1.165) is 6.07 Å². The average Bonchev–Trinajstić information content (AvgIpc) is 2.84. The predicted octanol–water partition coefficient (Wildman–Crippen LogP) is 1.54. The highest BCUT2D eigenvalue weighted by Gasteiger charge is 2.35. The van der Waals surface area contributed by atoms with E-state index in [0.29, 0.717) is 0 Å². The molecule has 1 saturated heterocycles. The molecule has 2 N–H and O–H groups in total. The lowest BCUT2D eigenvalue weighted by atomic mass is 10.2. The summed E-state index contributed by atoms with van der Waals surface area (Å²) < 4.78 is 31.3. The zero-order valence-electron chi connectivity index (χ0n) is 9.73. The molecule has 1 heterocycles. The zero-order valence-corrected chi connectivity index (χ0v) is 9.73. The van der Waals surface area contributed by atoms with E-state index in [2.05, 4.69) is 5.32 Å². The number of carboxylic acid groups (broad SMARTS) is 1. The first-order valence-electron chi connectivity index (χ1n) is 5.62.